The van der Waals surface area contributed by atoms with Crippen LogP contribution in [-0.2, 0) is 9.05 Å². The smallest absolute Gasteiger partial charge is 0.339 e. The average molecular weight is 330 g/mol. The number of carbonyl (C=O) groups is 1. The molecule has 1 aromatic rings. The molecule has 0 aliphatic heterocycles. The number of carboxylic acids is 1. The van der Waals surface area contributed by atoms with Gasteiger partial charge >= 0.3 is 5.97 Å². The molecule has 0 aliphatic rings. The number of ether oxygens (including phenoxy) is 1. The summed E-state index contributed by atoms with van der Waals surface area (Å²) < 4.78 is 27.2. The van der Waals surface area contributed by atoms with Crippen LogP contribution in [0.3, 0.4) is 0 Å². The van der Waals surface area contributed by atoms with Gasteiger partial charge in [-0.15, -0.1) is 0 Å². The van der Waals surface area contributed by atoms with Crippen LogP contribution in [0.4, 0.5) is 0 Å². The number of rotatable bonds is 3. The Hall–Kier alpha value is -0.790. The monoisotopic (exact) mass is 328 g/mol. The molecule has 1 aromatic carbocycles. The summed E-state index contributed by atoms with van der Waals surface area (Å²) >= 11 is 2.97. The van der Waals surface area contributed by atoms with E-state index in [-0.39, 0.29) is 20.7 Å². The van der Waals surface area contributed by atoms with Crippen molar-refractivity contribution in [2.45, 2.75) is 4.90 Å². The summed E-state index contributed by atoms with van der Waals surface area (Å²) in [6, 6.07) is 2.17. The van der Waals surface area contributed by atoms with Gasteiger partial charge in [-0.05, 0) is 28.1 Å². The minimum absolute atomic E-state index is 0.0449. The van der Waals surface area contributed by atoms with Crippen LogP contribution in [0, 0.1) is 0 Å². The number of benzene rings is 1. The van der Waals surface area contributed by atoms with E-state index in [1.54, 1.807) is 0 Å². The van der Waals surface area contributed by atoms with Crippen LogP contribution < -0.4 is 4.74 Å². The van der Waals surface area contributed by atoms with Crippen LogP contribution in [-0.4, -0.2) is 26.6 Å². The van der Waals surface area contributed by atoms with Crippen LogP contribution in [0.5, 0.6) is 5.75 Å². The van der Waals surface area contributed by atoms with Crippen LogP contribution in [0.25, 0.3) is 0 Å². The number of aromatic carboxylic acids is 1. The lowest BCUT2D eigenvalue weighted by Gasteiger charge is -2.08. The van der Waals surface area contributed by atoms with Gasteiger partial charge in [-0.3, -0.25) is 0 Å². The summed E-state index contributed by atoms with van der Waals surface area (Å²) in [5.74, 6) is -1.26. The fraction of sp³-hybridized carbons (Fsp3) is 0.125. The van der Waals surface area contributed by atoms with E-state index in [1.807, 2.05) is 0 Å². The summed E-state index contributed by atoms with van der Waals surface area (Å²) in [6.45, 7) is 0. The molecule has 0 amide bonds. The van der Waals surface area contributed by atoms with Crippen molar-refractivity contribution in [2.75, 3.05) is 7.11 Å². The third-order valence-electron chi connectivity index (χ3n) is 1.75. The van der Waals surface area contributed by atoms with Crippen molar-refractivity contribution in [3.8, 4) is 5.75 Å². The maximum absolute atomic E-state index is 11.1. The molecule has 0 radical (unpaired) electrons. The Labute approximate surface area is 105 Å². The first kappa shape index (κ1) is 13.3. The molecule has 0 fully saturated rings. The minimum Gasteiger partial charge on any atom is -0.496 e. The van der Waals surface area contributed by atoms with E-state index in [0.717, 1.165) is 6.07 Å². The van der Waals surface area contributed by atoms with Gasteiger partial charge in [0, 0.05) is 15.2 Å². The molecule has 0 aromatic heterocycles. The fourth-order valence-electron chi connectivity index (χ4n) is 1.06. The number of methoxy groups -OCH3 is 1. The first-order chi connectivity index (χ1) is 7.27. The molecule has 1 N–H and O–H groups in total. The van der Waals surface area contributed by atoms with Gasteiger partial charge in [-0.1, -0.05) is 0 Å². The van der Waals surface area contributed by atoms with E-state index >= 15 is 0 Å². The highest BCUT2D eigenvalue weighted by Gasteiger charge is 2.21. The molecule has 0 atom stereocenters. The lowest BCUT2D eigenvalue weighted by atomic mass is 10.2. The summed E-state index contributed by atoms with van der Waals surface area (Å²) in [7, 11) is 2.42. The van der Waals surface area contributed by atoms with Crippen molar-refractivity contribution in [1.29, 1.82) is 0 Å². The second-order valence-electron chi connectivity index (χ2n) is 2.73. The van der Waals surface area contributed by atoms with Crippen molar-refractivity contribution >= 4 is 41.6 Å². The van der Waals surface area contributed by atoms with Crippen LogP contribution >= 0.6 is 26.6 Å². The second kappa shape index (κ2) is 4.60. The highest BCUT2D eigenvalue weighted by atomic mass is 79.9. The highest BCUT2D eigenvalue weighted by molar-refractivity contribution is 9.10. The summed E-state index contributed by atoms with van der Waals surface area (Å²) in [5, 5.41) is 8.84. The number of carboxylic acid groups (broad SMARTS) is 1. The Kier molecular flexibility index (Phi) is 3.82. The average Bonchev–Trinajstić information content (AvgIpc) is 2.14. The number of hydrogen-bond donors (Lipinski definition) is 1. The Balaban J connectivity index is 3.58. The van der Waals surface area contributed by atoms with Gasteiger partial charge in [-0.25, -0.2) is 13.2 Å². The van der Waals surface area contributed by atoms with Gasteiger partial charge in [0.2, 0.25) is 0 Å². The van der Waals surface area contributed by atoms with Crippen LogP contribution in [0.1, 0.15) is 10.4 Å². The largest absolute Gasteiger partial charge is 0.496 e. The lowest BCUT2D eigenvalue weighted by Crippen LogP contribution is -2.03. The van der Waals surface area contributed by atoms with E-state index in [9.17, 15) is 13.2 Å². The maximum Gasteiger partial charge on any atom is 0.339 e. The number of hydrogen-bond acceptors (Lipinski definition) is 4. The molecule has 0 spiro atoms. The zero-order valence-electron chi connectivity index (χ0n) is 7.90. The molecule has 1 rings (SSSR count). The van der Waals surface area contributed by atoms with Crippen molar-refractivity contribution in [2.24, 2.45) is 0 Å². The predicted octanol–water partition coefficient (Wildman–Crippen LogP) is 2.08. The Morgan fingerprint density at radius 2 is 2.06 bits per heavy atom. The maximum atomic E-state index is 11.1. The molecule has 88 valence electrons. The van der Waals surface area contributed by atoms with E-state index in [2.05, 4.69) is 15.9 Å². The molecule has 0 heterocycles. The molecular weight excluding hydrogens is 324 g/mol. The van der Waals surface area contributed by atoms with Gasteiger partial charge in [-0.2, -0.15) is 0 Å². The summed E-state index contributed by atoms with van der Waals surface area (Å²) in [5.41, 5.74) is -0.273. The first-order valence-electron chi connectivity index (χ1n) is 3.83. The third-order valence-corrected chi connectivity index (χ3v) is 4.03. The topological polar surface area (TPSA) is 80.7 Å². The second-order valence-corrected chi connectivity index (χ2v) is 6.11. The molecule has 8 heteroatoms. The van der Waals surface area contributed by atoms with Gasteiger partial charge < -0.3 is 9.84 Å². The van der Waals surface area contributed by atoms with E-state index in [0.29, 0.717) is 0 Å². The van der Waals surface area contributed by atoms with Gasteiger partial charge in [0.1, 0.15) is 11.3 Å². The van der Waals surface area contributed by atoms with Crippen molar-refractivity contribution < 1.29 is 23.1 Å². The Bertz CT molecular complexity index is 540. The first-order valence-corrected chi connectivity index (χ1v) is 6.93. The highest BCUT2D eigenvalue weighted by Crippen LogP contribution is 2.32. The Morgan fingerprint density at radius 3 is 2.44 bits per heavy atom. The zero-order chi connectivity index (χ0) is 12.5. The predicted molar refractivity (Wildman–Crippen MR) is 60.7 cm³/mol. The standard InChI is InChI=1S/C8H6BrClO5S/c1-15-6-3-5(9)7(16(10,13)14)2-4(6)8(11)12/h2-3H,1H3,(H,11,12). The normalized spacial score (nSPS) is 11.2. The molecule has 0 unspecified atom stereocenters. The molecule has 5 nitrogen and oxygen atoms in total. The van der Waals surface area contributed by atoms with Crippen LogP contribution in [0.2, 0.25) is 0 Å². The van der Waals surface area contributed by atoms with Crippen LogP contribution in [0.15, 0.2) is 21.5 Å². The van der Waals surface area contributed by atoms with E-state index in [4.69, 9.17) is 20.5 Å². The molecule has 16 heavy (non-hydrogen) atoms. The summed E-state index contributed by atoms with van der Waals surface area (Å²) in [6.07, 6.45) is 0. The van der Waals surface area contributed by atoms with Gasteiger partial charge in [0.15, 0.2) is 0 Å². The van der Waals surface area contributed by atoms with E-state index in [1.165, 1.54) is 13.2 Å². The van der Waals surface area contributed by atoms with Gasteiger partial charge in [0.05, 0.1) is 12.0 Å². The molecular formula is C8H6BrClO5S. The lowest BCUT2D eigenvalue weighted by molar-refractivity contribution is 0.0693. The fourth-order valence-corrected chi connectivity index (χ4v) is 3.23. The Morgan fingerprint density at radius 1 is 1.50 bits per heavy atom. The van der Waals surface area contributed by atoms with Crippen molar-refractivity contribution in [1.82, 2.24) is 0 Å². The molecule has 0 saturated heterocycles. The van der Waals surface area contributed by atoms with Crippen molar-refractivity contribution in [3.05, 3.63) is 22.2 Å². The zero-order valence-corrected chi connectivity index (χ0v) is 11.1. The van der Waals surface area contributed by atoms with Crippen molar-refractivity contribution in [3.63, 3.8) is 0 Å². The minimum atomic E-state index is -4.01. The third kappa shape index (κ3) is 2.66. The quantitative estimate of drug-likeness (QED) is 0.859. The molecule has 0 bridgehead atoms. The van der Waals surface area contributed by atoms with Gasteiger partial charge in [0.25, 0.3) is 9.05 Å². The molecule has 0 aliphatic carbocycles. The number of halogens is 2. The van der Waals surface area contributed by atoms with E-state index < -0.39 is 15.0 Å². The SMILES string of the molecule is COc1cc(Br)c(S(=O)(=O)Cl)cc1C(=O)O. The summed E-state index contributed by atoms with van der Waals surface area (Å²) in [4.78, 5) is 10.5. The molecule has 0 saturated carbocycles.